The molecule has 24 heavy (non-hydrogen) atoms. The highest BCUT2D eigenvalue weighted by atomic mass is 19.1. The Morgan fingerprint density at radius 1 is 1.33 bits per heavy atom. The predicted octanol–water partition coefficient (Wildman–Crippen LogP) is 2.44. The van der Waals surface area contributed by atoms with E-state index in [0.717, 1.165) is 52.0 Å². The van der Waals surface area contributed by atoms with E-state index in [0.29, 0.717) is 18.5 Å². The van der Waals surface area contributed by atoms with Gasteiger partial charge in [-0.3, -0.25) is 4.90 Å². The minimum atomic E-state index is -0.300. The first kappa shape index (κ1) is 16.2. The van der Waals surface area contributed by atoms with Crippen LogP contribution in [0.4, 0.5) is 10.2 Å². The third-order valence-electron chi connectivity index (χ3n) is 5.58. The normalized spacial score (nSPS) is 32.3. The Hall–Kier alpha value is -1.24. The molecule has 3 fully saturated rings. The van der Waals surface area contributed by atoms with Crippen LogP contribution in [0.3, 0.4) is 0 Å². The molecule has 3 saturated heterocycles. The average Bonchev–Trinajstić information content (AvgIpc) is 3.00. The van der Waals surface area contributed by atoms with Gasteiger partial charge in [0.1, 0.15) is 0 Å². The van der Waals surface area contributed by atoms with E-state index in [1.165, 1.54) is 12.5 Å². The maximum absolute atomic E-state index is 13.8. The van der Waals surface area contributed by atoms with Gasteiger partial charge in [-0.2, -0.15) is 0 Å². The molecule has 0 unspecified atom stereocenters. The smallest absolute Gasteiger partial charge is 0.165 e. The number of anilines is 1. The molecule has 0 amide bonds. The van der Waals surface area contributed by atoms with Gasteiger partial charge in [0, 0.05) is 38.4 Å². The van der Waals surface area contributed by atoms with Crippen molar-refractivity contribution >= 4 is 5.82 Å². The highest BCUT2D eigenvalue weighted by molar-refractivity contribution is 5.37. The lowest BCUT2D eigenvalue weighted by atomic mass is 9.87. The summed E-state index contributed by atoms with van der Waals surface area (Å²) >= 11 is 0. The molecule has 1 N–H and O–H groups in total. The Morgan fingerprint density at radius 2 is 2.21 bits per heavy atom. The summed E-state index contributed by atoms with van der Waals surface area (Å²) in [5.41, 5.74) is -0.0839. The van der Waals surface area contributed by atoms with Crippen LogP contribution in [0, 0.1) is 5.82 Å². The van der Waals surface area contributed by atoms with Crippen LogP contribution in [0.15, 0.2) is 18.3 Å². The van der Waals surface area contributed by atoms with Gasteiger partial charge in [0.05, 0.1) is 18.2 Å². The number of aromatic nitrogens is 1. The van der Waals surface area contributed by atoms with Crippen LogP contribution in [-0.2, 0) is 9.47 Å². The zero-order chi connectivity index (χ0) is 16.4. The molecule has 1 spiro atoms. The van der Waals surface area contributed by atoms with Gasteiger partial charge in [-0.1, -0.05) is 0 Å². The number of hydrogen-bond acceptors (Lipinski definition) is 5. The Balaban J connectivity index is 1.38. The second-order valence-corrected chi connectivity index (χ2v) is 7.29. The summed E-state index contributed by atoms with van der Waals surface area (Å²) in [5, 5.41) is 3.23. The predicted molar refractivity (Wildman–Crippen MR) is 89.6 cm³/mol. The van der Waals surface area contributed by atoms with Crippen molar-refractivity contribution in [2.45, 2.75) is 49.8 Å². The van der Waals surface area contributed by atoms with E-state index >= 15 is 0 Å². The topological polar surface area (TPSA) is 46.6 Å². The van der Waals surface area contributed by atoms with E-state index in [-0.39, 0.29) is 17.5 Å². The molecule has 4 heterocycles. The molecule has 3 aliphatic rings. The number of hydrogen-bond donors (Lipinski definition) is 1. The van der Waals surface area contributed by atoms with Crippen molar-refractivity contribution in [2.75, 3.05) is 38.2 Å². The van der Waals surface area contributed by atoms with E-state index in [2.05, 4.69) is 15.2 Å². The first-order chi connectivity index (χ1) is 11.7. The minimum Gasteiger partial charge on any atom is -0.381 e. The summed E-state index contributed by atoms with van der Waals surface area (Å²) in [6, 6.07) is 3.80. The van der Waals surface area contributed by atoms with Crippen LogP contribution < -0.4 is 5.32 Å². The zero-order valence-corrected chi connectivity index (χ0v) is 14.0. The molecular weight excluding hydrogens is 309 g/mol. The molecule has 0 bridgehead atoms. The van der Waals surface area contributed by atoms with E-state index in [4.69, 9.17) is 9.47 Å². The van der Waals surface area contributed by atoms with Gasteiger partial charge in [-0.25, -0.2) is 9.37 Å². The summed E-state index contributed by atoms with van der Waals surface area (Å²) < 4.78 is 25.5. The summed E-state index contributed by atoms with van der Waals surface area (Å²) in [5.74, 6) is 0.0335. The minimum absolute atomic E-state index is 0.0839. The Labute approximate surface area is 142 Å². The Morgan fingerprint density at radius 3 is 3.04 bits per heavy atom. The number of pyridine rings is 1. The number of halogens is 1. The van der Waals surface area contributed by atoms with Gasteiger partial charge in [-0.05, 0) is 44.4 Å². The largest absolute Gasteiger partial charge is 0.381 e. The molecule has 0 saturated carbocycles. The third-order valence-corrected chi connectivity index (χ3v) is 5.58. The summed E-state index contributed by atoms with van der Waals surface area (Å²) in [6.07, 6.45) is 7.04. The van der Waals surface area contributed by atoms with Crippen molar-refractivity contribution in [3.05, 3.63) is 24.1 Å². The van der Waals surface area contributed by atoms with Gasteiger partial charge in [-0.15, -0.1) is 0 Å². The summed E-state index contributed by atoms with van der Waals surface area (Å²) in [7, 11) is 0. The van der Waals surface area contributed by atoms with Crippen LogP contribution in [-0.4, -0.2) is 60.5 Å². The molecule has 4 rings (SSSR count). The SMILES string of the molecule is Fc1cccnc1N[C@H]1CO[C@@]2(CCCN(C3CCOCC3)C2)C1. The Kier molecular flexibility index (Phi) is 4.70. The quantitative estimate of drug-likeness (QED) is 0.919. The van der Waals surface area contributed by atoms with Gasteiger partial charge >= 0.3 is 0 Å². The molecule has 0 aliphatic carbocycles. The third kappa shape index (κ3) is 3.41. The van der Waals surface area contributed by atoms with Crippen LogP contribution in [0.5, 0.6) is 0 Å². The summed E-state index contributed by atoms with van der Waals surface area (Å²) in [6.45, 7) is 4.51. The van der Waals surface area contributed by atoms with Crippen LogP contribution in [0.2, 0.25) is 0 Å². The van der Waals surface area contributed by atoms with E-state index in [1.807, 2.05) is 0 Å². The van der Waals surface area contributed by atoms with E-state index in [9.17, 15) is 4.39 Å². The number of nitrogens with zero attached hydrogens (tertiary/aromatic N) is 2. The number of likely N-dealkylation sites (tertiary alicyclic amines) is 1. The standard InChI is InChI=1S/C18H26FN3O2/c19-16-3-1-7-20-17(16)21-14-11-18(24-12-14)6-2-8-22(13-18)15-4-9-23-10-5-15/h1,3,7,14-15H,2,4-6,8-13H2,(H,20,21)/t14-,18+/m1/s1. The Bertz CT molecular complexity index is 567. The lowest BCUT2D eigenvalue weighted by Crippen LogP contribution is -2.53. The lowest BCUT2D eigenvalue weighted by molar-refractivity contribution is -0.0741. The van der Waals surface area contributed by atoms with Gasteiger partial charge in [0.15, 0.2) is 11.6 Å². The van der Waals surface area contributed by atoms with Gasteiger partial charge in [0.2, 0.25) is 0 Å². The highest BCUT2D eigenvalue weighted by Crippen LogP contribution is 2.37. The van der Waals surface area contributed by atoms with Gasteiger partial charge < -0.3 is 14.8 Å². The zero-order valence-electron chi connectivity index (χ0n) is 14.0. The van der Waals surface area contributed by atoms with Gasteiger partial charge in [0.25, 0.3) is 0 Å². The van der Waals surface area contributed by atoms with Crippen molar-refractivity contribution < 1.29 is 13.9 Å². The van der Waals surface area contributed by atoms with Crippen molar-refractivity contribution in [1.29, 1.82) is 0 Å². The lowest BCUT2D eigenvalue weighted by Gasteiger charge is -2.44. The molecule has 2 atom stereocenters. The second kappa shape index (κ2) is 6.94. The number of ether oxygens (including phenoxy) is 2. The fourth-order valence-electron chi connectivity index (χ4n) is 4.40. The molecule has 5 nitrogen and oxygen atoms in total. The number of nitrogens with one attached hydrogen (secondary N) is 1. The monoisotopic (exact) mass is 335 g/mol. The fourth-order valence-corrected chi connectivity index (χ4v) is 4.40. The maximum atomic E-state index is 13.8. The molecule has 1 aromatic rings. The van der Waals surface area contributed by atoms with E-state index in [1.54, 1.807) is 12.3 Å². The van der Waals surface area contributed by atoms with E-state index < -0.39 is 0 Å². The fraction of sp³-hybridized carbons (Fsp3) is 0.722. The first-order valence-electron chi connectivity index (χ1n) is 9.07. The van der Waals surface area contributed by atoms with Crippen LogP contribution in [0.25, 0.3) is 0 Å². The molecule has 1 aromatic heterocycles. The van der Waals surface area contributed by atoms with Crippen molar-refractivity contribution in [1.82, 2.24) is 9.88 Å². The molecule has 132 valence electrons. The summed E-state index contributed by atoms with van der Waals surface area (Å²) in [4.78, 5) is 6.69. The molecule has 0 aromatic carbocycles. The molecular formula is C18H26FN3O2. The van der Waals surface area contributed by atoms with Crippen LogP contribution >= 0.6 is 0 Å². The molecule has 3 aliphatic heterocycles. The first-order valence-corrected chi connectivity index (χ1v) is 9.07. The number of rotatable bonds is 3. The average molecular weight is 335 g/mol. The highest BCUT2D eigenvalue weighted by Gasteiger charge is 2.44. The molecule has 0 radical (unpaired) electrons. The van der Waals surface area contributed by atoms with Crippen molar-refractivity contribution in [3.8, 4) is 0 Å². The maximum Gasteiger partial charge on any atom is 0.165 e. The van der Waals surface area contributed by atoms with Crippen LogP contribution in [0.1, 0.15) is 32.1 Å². The molecule has 6 heteroatoms. The van der Waals surface area contributed by atoms with Crippen molar-refractivity contribution in [2.24, 2.45) is 0 Å². The number of piperidine rings is 1. The second-order valence-electron chi connectivity index (χ2n) is 7.29. The van der Waals surface area contributed by atoms with Crippen molar-refractivity contribution in [3.63, 3.8) is 0 Å².